The first-order valence-corrected chi connectivity index (χ1v) is 4.01. The average molecular weight is 191 g/mol. The van der Waals surface area contributed by atoms with Crippen molar-refractivity contribution in [1.29, 1.82) is 0 Å². The number of hydrogen-bond acceptors (Lipinski definition) is 1. The molecule has 0 aromatic rings. The van der Waals surface area contributed by atoms with E-state index in [0.29, 0.717) is 0 Å². The molecular weight excluding hydrogens is 176 g/mol. The zero-order valence-corrected chi connectivity index (χ0v) is 8.18. The summed E-state index contributed by atoms with van der Waals surface area (Å²) in [5, 5.41) is 0. The molecule has 76 valence electrons. The molecule has 0 heterocycles. The van der Waals surface area contributed by atoms with Gasteiger partial charge in [-0.05, 0) is 20.8 Å². The van der Waals surface area contributed by atoms with Crippen molar-refractivity contribution in [3.8, 4) is 0 Å². The van der Waals surface area contributed by atoms with Gasteiger partial charge in [0.2, 0.25) is 0 Å². The number of carbonyl (C=O) groups excluding carboxylic acids is 1. The fourth-order valence-electron chi connectivity index (χ4n) is 0.941. The smallest absolute Gasteiger partial charge is 0.315 e. The molecular formula is C9H15F2NO. The van der Waals surface area contributed by atoms with Gasteiger partial charge in [-0.1, -0.05) is 6.08 Å². The Hall–Kier alpha value is -0.930. The quantitative estimate of drug-likeness (QED) is 0.625. The van der Waals surface area contributed by atoms with Crippen LogP contribution in [0.3, 0.4) is 0 Å². The summed E-state index contributed by atoms with van der Waals surface area (Å²) in [5.74, 6) is -1.15. The molecule has 0 spiro atoms. The van der Waals surface area contributed by atoms with Crippen LogP contribution in [0.2, 0.25) is 0 Å². The summed E-state index contributed by atoms with van der Waals surface area (Å²) in [7, 11) is 0. The lowest BCUT2D eigenvalue weighted by Gasteiger charge is -2.34. The van der Waals surface area contributed by atoms with Gasteiger partial charge in [-0.2, -0.15) is 8.78 Å². The predicted molar refractivity (Wildman–Crippen MR) is 47.7 cm³/mol. The van der Waals surface area contributed by atoms with Gasteiger partial charge in [0.1, 0.15) is 0 Å². The topological polar surface area (TPSA) is 20.3 Å². The Balaban J connectivity index is 4.61. The van der Waals surface area contributed by atoms with Crippen molar-refractivity contribution in [2.45, 2.75) is 32.7 Å². The van der Waals surface area contributed by atoms with Gasteiger partial charge in [-0.15, -0.1) is 6.58 Å². The van der Waals surface area contributed by atoms with Crippen molar-refractivity contribution in [1.82, 2.24) is 4.90 Å². The molecule has 0 aromatic carbocycles. The second kappa shape index (κ2) is 4.35. The summed E-state index contributed by atoms with van der Waals surface area (Å²) in [6.07, 6.45) is -1.51. The zero-order chi connectivity index (χ0) is 10.6. The molecule has 0 aliphatic carbocycles. The van der Waals surface area contributed by atoms with Crippen molar-refractivity contribution in [2.24, 2.45) is 0 Å². The van der Waals surface area contributed by atoms with Crippen LogP contribution in [-0.2, 0) is 4.79 Å². The minimum atomic E-state index is -2.95. The fourth-order valence-corrected chi connectivity index (χ4v) is 0.941. The van der Waals surface area contributed by atoms with Crippen LogP contribution < -0.4 is 0 Å². The summed E-state index contributed by atoms with van der Waals surface area (Å²) in [4.78, 5) is 12.1. The van der Waals surface area contributed by atoms with Gasteiger partial charge in [0.15, 0.2) is 0 Å². The van der Waals surface area contributed by atoms with E-state index in [4.69, 9.17) is 0 Å². The van der Waals surface area contributed by atoms with Gasteiger partial charge >= 0.3 is 6.43 Å². The van der Waals surface area contributed by atoms with E-state index >= 15 is 0 Å². The van der Waals surface area contributed by atoms with Gasteiger partial charge in [0.25, 0.3) is 5.91 Å². The first-order valence-electron chi connectivity index (χ1n) is 4.01. The Morgan fingerprint density at radius 1 is 1.54 bits per heavy atom. The Morgan fingerprint density at radius 3 is 2.23 bits per heavy atom. The second-order valence-electron chi connectivity index (χ2n) is 3.71. The summed E-state index contributed by atoms with van der Waals surface area (Å²) in [6.45, 7) is 8.68. The number of rotatable bonds is 3. The molecule has 0 radical (unpaired) electrons. The lowest BCUT2D eigenvalue weighted by molar-refractivity contribution is -0.147. The average Bonchev–Trinajstić information content (AvgIpc) is 1.96. The Bertz CT molecular complexity index is 196. The summed E-state index contributed by atoms with van der Waals surface area (Å²) < 4.78 is 24.2. The molecule has 0 aliphatic heterocycles. The molecule has 0 saturated carbocycles. The number of amides is 1. The van der Waals surface area contributed by atoms with Crippen LogP contribution >= 0.6 is 0 Å². The van der Waals surface area contributed by atoms with Crippen LogP contribution in [0.4, 0.5) is 8.78 Å². The summed E-state index contributed by atoms with van der Waals surface area (Å²) in [5.41, 5.74) is -0.596. The van der Waals surface area contributed by atoms with Gasteiger partial charge in [0.05, 0.1) is 0 Å². The highest BCUT2D eigenvalue weighted by Gasteiger charge is 2.30. The maximum atomic E-state index is 12.1. The van der Waals surface area contributed by atoms with Gasteiger partial charge < -0.3 is 4.90 Å². The molecule has 0 saturated heterocycles. The number of nitrogens with zero attached hydrogens (tertiary/aromatic N) is 1. The van der Waals surface area contributed by atoms with Crippen molar-refractivity contribution >= 4 is 5.91 Å². The van der Waals surface area contributed by atoms with Crippen LogP contribution in [-0.4, -0.2) is 29.3 Å². The first kappa shape index (κ1) is 12.1. The van der Waals surface area contributed by atoms with E-state index in [2.05, 4.69) is 6.58 Å². The standard InChI is InChI=1S/C9H15F2NO/c1-5-6-12(9(2,3)4)8(13)7(10)11/h5,7H,1,6H2,2-4H3. The maximum absolute atomic E-state index is 12.1. The lowest BCUT2D eigenvalue weighted by atomic mass is 10.1. The second-order valence-corrected chi connectivity index (χ2v) is 3.71. The third kappa shape index (κ3) is 3.53. The maximum Gasteiger partial charge on any atom is 0.315 e. The molecule has 0 fully saturated rings. The SMILES string of the molecule is C=CCN(C(=O)C(F)F)C(C)(C)C. The molecule has 0 aromatic heterocycles. The number of halogens is 2. The Labute approximate surface area is 77.2 Å². The number of alkyl halides is 2. The van der Waals surface area contributed by atoms with E-state index in [0.717, 1.165) is 4.90 Å². The van der Waals surface area contributed by atoms with Crippen molar-refractivity contribution in [3.63, 3.8) is 0 Å². The molecule has 0 bridgehead atoms. The van der Waals surface area contributed by atoms with E-state index in [1.165, 1.54) is 6.08 Å². The molecule has 0 N–H and O–H groups in total. The molecule has 0 aliphatic rings. The Morgan fingerprint density at radius 2 is 2.00 bits per heavy atom. The van der Waals surface area contributed by atoms with Crippen molar-refractivity contribution < 1.29 is 13.6 Å². The molecule has 13 heavy (non-hydrogen) atoms. The first-order chi connectivity index (χ1) is 5.80. The molecule has 0 atom stereocenters. The van der Waals surface area contributed by atoms with Crippen LogP contribution in [0.1, 0.15) is 20.8 Å². The fraction of sp³-hybridized carbons (Fsp3) is 0.667. The third-order valence-corrected chi connectivity index (χ3v) is 1.57. The molecule has 2 nitrogen and oxygen atoms in total. The molecule has 0 rings (SSSR count). The zero-order valence-electron chi connectivity index (χ0n) is 8.18. The van der Waals surface area contributed by atoms with Gasteiger partial charge in [0, 0.05) is 12.1 Å². The largest absolute Gasteiger partial charge is 0.329 e. The number of hydrogen-bond donors (Lipinski definition) is 0. The highest BCUT2D eigenvalue weighted by atomic mass is 19.3. The predicted octanol–water partition coefficient (Wildman–Crippen LogP) is 2.06. The van der Waals surface area contributed by atoms with E-state index < -0.39 is 17.9 Å². The summed E-state index contributed by atoms with van der Waals surface area (Å²) in [6, 6.07) is 0. The molecule has 0 unspecified atom stereocenters. The van der Waals surface area contributed by atoms with Crippen LogP contribution in [0.25, 0.3) is 0 Å². The van der Waals surface area contributed by atoms with Crippen LogP contribution in [0, 0.1) is 0 Å². The third-order valence-electron chi connectivity index (χ3n) is 1.57. The summed E-state index contributed by atoms with van der Waals surface area (Å²) >= 11 is 0. The van der Waals surface area contributed by atoms with Gasteiger partial charge in [-0.25, -0.2) is 0 Å². The molecule has 1 amide bonds. The minimum absolute atomic E-state index is 0.146. The van der Waals surface area contributed by atoms with E-state index in [-0.39, 0.29) is 6.54 Å². The van der Waals surface area contributed by atoms with Crippen molar-refractivity contribution in [3.05, 3.63) is 12.7 Å². The van der Waals surface area contributed by atoms with Crippen LogP contribution in [0.15, 0.2) is 12.7 Å². The van der Waals surface area contributed by atoms with Gasteiger partial charge in [-0.3, -0.25) is 4.79 Å². The van der Waals surface area contributed by atoms with E-state index in [1.54, 1.807) is 20.8 Å². The highest BCUT2D eigenvalue weighted by Crippen LogP contribution is 2.15. The monoisotopic (exact) mass is 191 g/mol. The van der Waals surface area contributed by atoms with Crippen LogP contribution in [0.5, 0.6) is 0 Å². The lowest BCUT2D eigenvalue weighted by Crippen LogP contribution is -2.48. The molecule has 4 heteroatoms. The van der Waals surface area contributed by atoms with Crippen molar-refractivity contribution in [2.75, 3.05) is 6.54 Å². The number of carbonyl (C=O) groups is 1. The highest BCUT2D eigenvalue weighted by molar-refractivity contribution is 5.80. The minimum Gasteiger partial charge on any atom is -0.329 e. The van der Waals surface area contributed by atoms with E-state index in [9.17, 15) is 13.6 Å². The van der Waals surface area contributed by atoms with E-state index in [1.807, 2.05) is 0 Å². The normalized spacial score (nSPS) is 11.5. The Kier molecular flexibility index (Phi) is 4.04.